The Morgan fingerprint density at radius 3 is 3.06 bits per heavy atom. The number of rotatable bonds is 1. The molecule has 5 heteroatoms. The molecule has 2 heterocycles. The average Bonchev–Trinajstić information content (AvgIpc) is 2.71. The quantitative estimate of drug-likeness (QED) is 0.776. The van der Waals surface area contributed by atoms with Crippen molar-refractivity contribution >= 4 is 6.03 Å². The van der Waals surface area contributed by atoms with E-state index in [1.54, 1.807) is 6.33 Å². The number of hydrogen-bond acceptors (Lipinski definition) is 2. The fraction of sp³-hybridized carbons (Fsp3) is 0.667. The van der Waals surface area contributed by atoms with E-state index in [1.807, 2.05) is 4.90 Å². The summed E-state index contributed by atoms with van der Waals surface area (Å²) in [4.78, 5) is 21.1. The summed E-state index contributed by atoms with van der Waals surface area (Å²) in [5.41, 5.74) is 2.26. The van der Waals surface area contributed by atoms with Crippen LogP contribution in [0, 0.1) is 5.41 Å². The highest BCUT2D eigenvalue weighted by molar-refractivity contribution is 5.74. The maximum absolute atomic E-state index is 12.0. The van der Waals surface area contributed by atoms with Gasteiger partial charge in [0.15, 0.2) is 0 Å². The first-order chi connectivity index (χ1) is 7.96. The van der Waals surface area contributed by atoms with E-state index in [9.17, 15) is 4.79 Å². The summed E-state index contributed by atoms with van der Waals surface area (Å²) in [5.74, 6) is 0. The number of nitrogens with zero attached hydrogens (tertiary/aromatic N) is 2. The Labute approximate surface area is 102 Å². The molecule has 0 unspecified atom stereocenters. The number of carbonyl (C=O) groups is 1. The second-order valence-electron chi connectivity index (χ2n) is 5.72. The van der Waals surface area contributed by atoms with Crippen molar-refractivity contribution in [3.63, 3.8) is 0 Å². The zero-order valence-corrected chi connectivity index (χ0v) is 10.7. The minimum absolute atomic E-state index is 0.0141. The van der Waals surface area contributed by atoms with Gasteiger partial charge in [-0.25, -0.2) is 9.78 Å². The molecule has 0 aromatic carbocycles. The first kappa shape index (κ1) is 12.0. The zero-order valence-electron chi connectivity index (χ0n) is 10.7. The van der Waals surface area contributed by atoms with Gasteiger partial charge in [0.05, 0.1) is 24.3 Å². The molecular weight excluding hydrogens is 216 g/mol. The minimum Gasteiger partial charge on any atom is -0.347 e. The molecule has 0 atom stereocenters. The van der Waals surface area contributed by atoms with Crippen molar-refractivity contribution in [2.75, 3.05) is 13.1 Å². The van der Waals surface area contributed by atoms with E-state index >= 15 is 0 Å². The number of aromatic nitrogens is 2. The molecule has 0 spiro atoms. The number of carbonyl (C=O) groups excluding carboxylic acids is 1. The van der Waals surface area contributed by atoms with Gasteiger partial charge in [-0.2, -0.15) is 0 Å². The largest absolute Gasteiger partial charge is 0.347 e. The highest BCUT2D eigenvalue weighted by atomic mass is 16.2. The SMILES string of the molecule is CC(C)(C)CNC(=O)N1CCc2nc[nH]c2C1. The molecule has 2 rings (SSSR count). The number of H-pyrrole nitrogens is 1. The van der Waals surface area contributed by atoms with Gasteiger partial charge in [0.2, 0.25) is 0 Å². The van der Waals surface area contributed by atoms with Gasteiger partial charge in [-0.05, 0) is 5.41 Å². The summed E-state index contributed by atoms with van der Waals surface area (Å²) < 4.78 is 0. The molecule has 0 bridgehead atoms. The number of hydrogen-bond donors (Lipinski definition) is 2. The molecule has 17 heavy (non-hydrogen) atoms. The van der Waals surface area contributed by atoms with E-state index in [0.29, 0.717) is 13.1 Å². The van der Waals surface area contributed by atoms with E-state index in [0.717, 1.165) is 24.4 Å². The molecule has 1 aliphatic rings. The molecule has 1 aromatic rings. The highest BCUT2D eigenvalue weighted by Gasteiger charge is 2.23. The van der Waals surface area contributed by atoms with Crippen molar-refractivity contribution in [2.24, 2.45) is 5.41 Å². The van der Waals surface area contributed by atoms with Crippen molar-refractivity contribution in [1.82, 2.24) is 20.2 Å². The number of aromatic amines is 1. The fourth-order valence-corrected chi connectivity index (χ4v) is 1.84. The van der Waals surface area contributed by atoms with Gasteiger partial charge in [0.1, 0.15) is 0 Å². The summed E-state index contributed by atoms with van der Waals surface area (Å²) in [6.07, 6.45) is 2.53. The Bertz CT molecular complexity index is 405. The van der Waals surface area contributed by atoms with Crippen molar-refractivity contribution in [1.29, 1.82) is 0 Å². The summed E-state index contributed by atoms with van der Waals surface area (Å²) in [6, 6.07) is 0.0141. The third kappa shape index (κ3) is 2.99. The number of nitrogens with one attached hydrogen (secondary N) is 2. The molecular formula is C12H20N4O. The Kier molecular flexibility index (Phi) is 3.09. The zero-order chi connectivity index (χ0) is 12.5. The monoisotopic (exact) mass is 236 g/mol. The predicted octanol–water partition coefficient (Wildman–Crippen LogP) is 1.52. The van der Waals surface area contributed by atoms with Crippen molar-refractivity contribution in [3.05, 3.63) is 17.7 Å². The van der Waals surface area contributed by atoms with Crippen LogP contribution in [0.2, 0.25) is 0 Å². The molecule has 2 amide bonds. The number of amides is 2. The molecule has 1 aliphatic heterocycles. The van der Waals surface area contributed by atoms with Crippen LogP contribution in [0.5, 0.6) is 0 Å². The second-order valence-corrected chi connectivity index (χ2v) is 5.72. The van der Waals surface area contributed by atoms with Gasteiger partial charge >= 0.3 is 6.03 Å². The van der Waals surface area contributed by atoms with Gasteiger partial charge in [0, 0.05) is 19.5 Å². The smallest absolute Gasteiger partial charge is 0.317 e. The van der Waals surface area contributed by atoms with Crippen LogP contribution in [-0.2, 0) is 13.0 Å². The van der Waals surface area contributed by atoms with E-state index in [1.165, 1.54) is 0 Å². The Balaban J connectivity index is 1.90. The van der Waals surface area contributed by atoms with E-state index in [2.05, 4.69) is 36.1 Å². The van der Waals surface area contributed by atoms with Gasteiger partial charge in [-0.3, -0.25) is 0 Å². The number of fused-ring (bicyclic) bond motifs is 1. The Morgan fingerprint density at radius 1 is 1.59 bits per heavy atom. The van der Waals surface area contributed by atoms with E-state index in [4.69, 9.17) is 0 Å². The first-order valence-corrected chi connectivity index (χ1v) is 5.99. The molecule has 94 valence electrons. The maximum atomic E-state index is 12.0. The van der Waals surface area contributed by atoms with Crippen LogP contribution in [0.4, 0.5) is 4.79 Å². The molecule has 5 nitrogen and oxygen atoms in total. The maximum Gasteiger partial charge on any atom is 0.317 e. The second kappa shape index (κ2) is 4.39. The first-order valence-electron chi connectivity index (χ1n) is 5.99. The van der Waals surface area contributed by atoms with Gasteiger partial charge in [0.25, 0.3) is 0 Å². The third-order valence-corrected chi connectivity index (χ3v) is 2.83. The lowest BCUT2D eigenvalue weighted by molar-refractivity contribution is 0.187. The van der Waals surface area contributed by atoms with Gasteiger partial charge in [-0.15, -0.1) is 0 Å². The summed E-state index contributed by atoms with van der Waals surface area (Å²) >= 11 is 0. The molecule has 0 aliphatic carbocycles. The van der Waals surface area contributed by atoms with Crippen LogP contribution in [-0.4, -0.2) is 34.0 Å². The van der Waals surface area contributed by atoms with Crippen LogP contribution in [0.15, 0.2) is 6.33 Å². The normalized spacial score (nSPS) is 15.6. The number of imidazole rings is 1. The van der Waals surface area contributed by atoms with Crippen molar-refractivity contribution < 1.29 is 4.79 Å². The van der Waals surface area contributed by atoms with Crippen molar-refractivity contribution in [2.45, 2.75) is 33.7 Å². The van der Waals surface area contributed by atoms with Gasteiger partial charge in [-0.1, -0.05) is 20.8 Å². The fourth-order valence-electron chi connectivity index (χ4n) is 1.84. The lowest BCUT2D eigenvalue weighted by Gasteiger charge is -2.28. The summed E-state index contributed by atoms with van der Waals surface area (Å²) in [6.45, 7) is 8.39. The molecule has 0 saturated carbocycles. The lowest BCUT2D eigenvalue weighted by atomic mass is 9.97. The highest BCUT2D eigenvalue weighted by Crippen LogP contribution is 2.15. The average molecular weight is 236 g/mol. The molecule has 0 radical (unpaired) electrons. The van der Waals surface area contributed by atoms with E-state index in [-0.39, 0.29) is 11.4 Å². The minimum atomic E-state index is 0.0141. The van der Waals surface area contributed by atoms with Crippen LogP contribution in [0.1, 0.15) is 32.2 Å². The standard InChI is InChI=1S/C12H20N4O/c1-12(2,3)7-13-11(17)16-5-4-9-10(6-16)15-8-14-9/h8H,4-7H2,1-3H3,(H,13,17)(H,14,15). The lowest BCUT2D eigenvalue weighted by Crippen LogP contribution is -2.45. The molecule has 0 fully saturated rings. The van der Waals surface area contributed by atoms with Crippen LogP contribution < -0.4 is 5.32 Å². The van der Waals surface area contributed by atoms with Crippen LogP contribution in [0.3, 0.4) is 0 Å². The molecule has 1 aromatic heterocycles. The Morgan fingerprint density at radius 2 is 2.35 bits per heavy atom. The van der Waals surface area contributed by atoms with Crippen LogP contribution in [0.25, 0.3) is 0 Å². The molecule has 0 saturated heterocycles. The number of urea groups is 1. The van der Waals surface area contributed by atoms with Gasteiger partial charge < -0.3 is 15.2 Å². The predicted molar refractivity (Wildman–Crippen MR) is 65.6 cm³/mol. The molecule has 2 N–H and O–H groups in total. The summed E-state index contributed by atoms with van der Waals surface area (Å²) in [5, 5.41) is 2.97. The summed E-state index contributed by atoms with van der Waals surface area (Å²) in [7, 11) is 0. The Hall–Kier alpha value is -1.52. The van der Waals surface area contributed by atoms with Crippen LogP contribution >= 0.6 is 0 Å². The van der Waals surface area contributed by atoms with E-state index < -0.39 is 0 Å². The topological polar surface area (TPSA) is 61.0 Å². The third-order valence-electron chi connectivity index (χ3n) is 2.83. The van der Waals surface area contributed by atoms with Crippen molar-refractivity contribution in [3.8, 4) is 0 Å².